The highest BCUT2D eigenvalue weighted by Gasteiger charge is 2.15. The van der Waals surface area contributed by atoms with E-state index in [1.807, 2.05) is 42.5 Å². The minimum Gasteiger partial charge on any atom is -0.439 e. The Morgan fingerprint density at radius 1 is 1.12 bits per heavy atom. The summed E-state index contributed by atoms with van der Waals surface area (Å²) in [6.07, 6.45) is 6.67. The van der Waals surface area contributed by atoms with Gasteiger partial charge >= 0.3 is 0 Å². The van der Waals surface area contributed by atoms with E-state index in [9.17, 15) is 4.79 Å². The molecule has 0 unspecified atom stereocenters. The number of aromatic nitrogens is 5. The van der Waals surface area contributed by atoms with Crippen molar-refractivity contribution in [1.29, 1.82) is 0 Å². The van der Waals surface area contributed by atoms with Crippen LogP contribution in [0.25, 0.3) is 11.0 Å². The molecule has 0 fully saturated rings. The van der Waals surface area contributed by atoms with E-state index in [2.05, 4.69) is 25.4 Å². The van der Waals surface area contributed by atoms with Crippen LogP contribution in [0.4, 0.5) is 5.82 Å². The number of nitrogens with zero attached hydrogens (tertiary/aromatic N) is 4. The molecule has 34 heavy (non-hydrogen) atoms. The van der Waals surface area contributed by atoms with Crippen molar-refractivity contribution in [3.8, 4) is 11.6 Å². The SMILES string of the molecule is Nc1nn(Cc2ccc(Oc3ccccc3)nc2)cc1C(=O)NCc1cnc2[nH]cc(Cl)c2c1. The third kappa shape index (κ3) is 4.69. The van der Waals surface area contributed by atoms with Crippen molar-refractivity contribution in [1.82, 2.24) is 30.0 Å². The Hall–Kier alpha value is -4.37. The van der Waals surface area contributed by atoms with Gasteiger partial charge in [0.1, 0.15) is 17.0 Å². The highest BCUT2D eigenvalue weighted by molar-refractivity contribution is 6.35. The molecular weight excluding hydrogens is 454 g/mol. The first kappa shape index (κ1) is 21.5. The fourth-order valence-electron chi connectivity index (χ4n) is 3.44. The topological polar surface area (TPSA) is 124 Å². The third-order valence-electron chi connectivity index (χ3n) is 5.13. The molecule has 0 saturated carbocycles. The number of H-pyrrole nitrogens is 1. The maximum atomic E-state index is 12.7. The van der Waals surface area contributed by atoms with Crippen molar-refractivity contribution in [2.24, 2.45) is 0 Å². The largest absolute Gasteiger partial charge is 0.439 e. The maximum absolute atomic E-state index is 12.7. The van der Waals surface area contributed by atoms with Gasteiger partial charge in [0.2, 0.25) is 5.88 Å². The van der Waals surface area contributed by atoms with Crippen LogP contribution in [0, 0.1) is 0 Å². The fourth-order valence-corrected chi connectivity index (χ4v) is 3.64. The Labute approximate surface area is 199 Å². The molecular formula is C24H20ClN7O2. The van der Waals surface area contributed by atoms with Gasteiger partial charge in [-0.3, -0.25) is 9.48 Å². The van der Waals surface area contributed by atoms with Crippen LogP contribution in [-0.2, 0) is 13.1 Å². The number of para-hydroxylation sites is 1. The number of ether oxygens (including phenoxy) is 1. The van der Waals surface area contributed by atoms with Crippen LogP contribution < -0.4 is 15.8 Å². The summed E-state index contributed by atoms with van der Waals surface area (Å²) in [5.41, 5.74) is 8.69. The molecule has 0 aliphatic carbocycles. The number of nitrogens with two attached hydrogens (primary N) is 1. The van der Waals surface area contributed by atoms with Crippen LogP contribution in [0.5, 0.6) is 11.6 Å². The Kier molecular flexibility index (Phi) is 5.84. The molecule has 4 aromatic heterocycles. The third-order valence-corrected chi connectivity index (χ3v) is 5.45. The summed E-state index contributed by atoms with van der Waals surface area (Å²) in [5.74, 6) is 1.03. The fraction of sp³-hybridized carbons (Fsp3) is 0.0833. The number of fused-ring (bicyclic) bond motifs is 1. The summed E-state index contributed by atoms with van der Waals surface area (Å²) in [4.78, 5) is 24.3. The normalized spacial score (nSPS) is 11.0. The number of amides is 1. The number of carbonyl (C=O) groups is 1. The van der Waals surface area contributed by atoms with Crippen LogP contribution in [0.2, 0.25) is 5.02 Å². The first-order valence-corrected chi connectivity index (χ1v) is 10.8. The standard InChI is InChI=1S/C24H20ClN7O2/c25-20-12-29-23-18(20)8-16(10-28-23)11-30-24(33)19-14-32(31-22(19)26)13-15-6-7-21(27-9-15)34-17-4-2-1-3-5-17/h1-10,12,14H,11,13H2,(H2,26,31)(H,28,29)(H,30,33). The first-order chi connectivity index (χ1) is 16.5. The number of hydrogen-bond acceptors (Lipinski definition) is 6. The lowest BCUT2D eigenvalue weighted by molar-refractivity contribution is 0.0951. The monoisotopic (exact) mass is 473 g/mol. The zero-order valence-corrected chi connectivity index (χ0v) is 18.7. The van der Waals surface area contributed by atoms with E-state index < -0.39 is 0 Å². The second-order valence-corrected chi connectivity index (χ2v) is 8.01. The predicted octanol–water partition coefficient (Wildman–Crippen LogP) is 4.16. The molecule has 5 aromatic rings. The minimum absolute atomic E-state index is 0.150. The number of anilines is 1. The molecule has 10 heteroatoms. The van der Waals surface area contributed by atoms with E-state index in [1.165, 1.54) is 0 Å². The highest BCUT2D eigenvalue weighted by atomic mass is 35.5. The quantitative estimate of drug-likeness (QED) is 0.326. The summed E-state index contributed by atoms with van der Waals surface area (Å²) >= 11 is 6.14. The molecule has 0 aliphatic rings. The number of halogens is 1. The number of rotatable bonds is 7. The molecule has 1 amide bonds. The average molecular weight is 474 g/mol. The van der Waals surface area contributed by atoms with E-state index >= 15 is 0 Å². The Bertz CT molecular complexity index is 1450. The molecule has 9 nitrogen and oxygen atoms in total. The lowest BCUT2D eigenvalue weighted by Crippen LogP contribution is -2.23. The minimum atomic E-state index is -0.325. The molecule has 0 bridgehead atoms. The van der Waals surface area contributed by atoms with Gasteiger partial charge in [0.25, 0.3) is 5.91 Å². The summed E-state index contributed by atoms with van der Waals surface area (Å²) in [6, 6.07) is 15.0. The lowest BCUT2D eigenvalue weighted by Gasteiger charge is -2.06. The molecule has 0 aliphatic heterocycles. The number of hydrogen-bond donors (Lipinski definition) is 3. The van der Waals surface area contributed by atoms with Crippen LogP contribution in [0.1, 0.15) is 21.5 Å². The van der Waals surface area contributed by atoms with Crippen molar-refractivity contribution in [3.05, 3.63) is 95.0 Å². The number of nitrogens with one attached hydrogen (secondary N) is 2. The van der Waals surface area contributed by atoms with Gasteiger partial charge in [-0.1, -0.05) is 35.9 Å². The number of aromatic amines is 1. The van der Waals surface area contributed by atoms with Gasteiger partial charge in [-0.2, -0.15) is 5.10 Å². The van der Waals surface area contributed by atoms with Gasteiger partial charge in [-0.05, 0) is 29.3 Å². The van der Waals surface area contributed by atoms with Crippen molar-refractivity contribution < 1.29 is 9.53 Å². The average Bonchev–Trinajstić information content (AvgIpc) is 3.41. The van der Waals surface area contributed by atoms with Crippen LogP contribution in [0.3, 0.4) is 0 Å². The van der Waals surface area contributed by atoms with Crippen LogP contribution in [0.15, 0.2) is 73.3 Å². The van der Waals surface area contributed by atoms with Crippen molar-refractivity contribution >= 4 is 34.4 Å². The summed E-state index contributed by atoms with van der Waals surface area (Å²) in [7, 11) is 0. The van der Waals surface area contributed by atoms with E-state index in [-0.39, 0.29) is 18.3 Å². The molecule has 4 N–H and O–H groups in total. The molecule has 1 aromatic carbocycles. The van der Waals surface area contributed by atoms with Gasteiger partial charge in [-0.15, -0.1) is 0 Å². The molecule has 170 valence electrons. The molecule has 0 spiro atoms. The van der Waals surface area contributed by atoms with Gasteiger partial charge in [0, 0.05) is 42.8 Å². The van der Waals surface area contributed by atoms with Gasteiger partial charge in [0.15, 0.2) is 5.82 Å². The molecule has 5 rings (SSSR count). The van der Waals surface area contributed by atoms with Crippen LogP contribution >= 0.6 is 11.6 Å². The molecule has 0 atom stereocenters. The van der Waals surface area contributed by atoms with Gasteiger partial charge < -0.3 is 20.8 Å². The van der Waals surface area contributed by atoms with Gasteiger partial charge in [-0.25, -0.2) is 9.97 Å². The van der Waals surface area contributed by atoms with E-state index in [0.717, 1.165) is 16.5 Å². The second-order valence-electron chi connectivity index (χ2n) is 7.60. The predicted molar refractivity (Wildman–Crippen MR) is 129 cm³/mol. The maximum Gasteiger partial charge on any atom is 0.256 e. The second kappa shape index (κ2) is 9.24. The zero-order valence-electron chi connectivity index (χ0n) is 17.9. The number of carbonyl (C=O) groups excluding carboxylic acids is 1. The van der Waals surface area contributed by atoms with E-state index in [1.54, 1.807) is 35.5 Å². The molecule has 0 saturated heterocycles. The van der Waals surface area contributed by atoms with Gasteiger partial charge in [0.05, 0.1) is 11.6 Å². The van der Waals surface area contributed by atoms with E-state index in [4.69, 9.17) is 22.1 Å². The number of pyridine rings is 2. The lowest BCUT2D eigenvalue weighted by atomic mass is 10.2. The van der Waals surface area contributed by atoms with Crippen molar-refractivity contribution in [3.63, 3.8) is 0 Å². The Morgan fingerprint density at radius 3 is 2.74 bits per heavy atom. The Morgan fingerprint density at radius 2 is 1.94 bits per heavy atom. The van der Waals surface area contributed by atoms with Crippen molar-refractivity contribution in [2.45, 2.75) is 13.1 Å². The zero-order chi connectivity index (χ0) is 23.5. The molecule has 4 heterocycles. The Balaban J connectivity index is 1.21. The number of benzene rings is 1. The van der Waals surface area contributed by atoms with Crippen LogP contribution in [-0.4, -0.2) is 30.6 Å². The van der Waals surface area contributed by atoms with Crippen molar-refractivity contribution in [2.75, 3.05) is 5.73 Å². The highest BCUT2D eigenvalue weighted by Crippen LogP contribution is 2.22. The smallest absolute Gasteiger partial charge is 0.256 e. The summed E-state index contributed by atoms with van der Waals surface area (Å²) in [6.45, 7) is 0.684. The summed E-state index contributed by atoms with van der Waals surface area (Å²) < 4.78 is 7.31. The number of nitrogen functional groups attached to an aromatic ring is 1. The van der Waals surface area contributed by atoms with E-state index in [0.29, 0.717) is 34.4 Å². The molecule has 0 radical (unpaired) electrons. The summed E-state index contributed by atoms with van der Waals surface area (Å²) in [5, 5.41) is 8.48. The first-order valence-electron chi connectivity index (χ1n) is 10.5.